The van der Waals surface area contributed by atoms with Gasteiger partial charge >= 0.3 is 6.18 Å². The van der Waals surface area contributed by atoms with Crippen LogP contribution in [0.4, 0.5) is 17.6 Å². The van der Waals surface area contributed by atoms with Crippen molar-refractivity contribution in [3.8, 4) is 0 Å². The highest BCUT2D eigenvalue weighted by Gasteiger charge is 2.46. The van der Waals surface area contributed by atoms with Gasteiger partial charge in [0.1, 0.15) is 11.9 Å². The highest BCUT2D eigenvalue weighted by Crippen LogP contribution is 2.40. The van der Waals surface area contributed by atoms with Gasteiger partial charge in [0.15, 0.2) is 0 Å². The number of hydrogen-bond acceptors (Lipinski definition) is 2. The van der Waals surface area contributed by atoms with Gasteiger partial charge in [-0.05, 0) is 24.6 Å². The maximum Gasteiger partial charge on any atom is 0.408 e. The molecule has 1 heterocycles. The van der Waals surface area contributed by atoms with Crippen LogP contribution in [0.2, 0.25) is 0 Å². The Morgan fingerprint density at radius 1 is 1.25 bits per heavy atom. The van der Waals surface area contributed by atoms with Crippen molar-refractivity contribution in [1.29, 1.82) is 0 Å². The normalized spacial score (nSPS) is 19.1. The third kappa shape index (κ3) is 3.32. The predicted molar refractivity (Wildman–Crippen MR) is 72.1 cm³/mol. The topological polar surface area (TPSA) is 15.3 Å². The number of benzene rings is 1. The Kier molecular flexibility index (Phi) is 4.71. The van der Waals surface area contributed by atoms with Crippen LogP contribution in [0.3, 0.4) is 0 Å². The zero-order valence-corrected chi connectivity index (χ0v) is 12.5. The van der Waals surface area contributed by atoms with Crippen LogP contribution < -0.4 is 5.32 Å². The van der Waals surface area contributed by atoms with E-state index < -0.39 is 18.0 Å². The van der Waals surface area contributed by atoms with Gasteiger partial charge < -0.3 is 5.32 Å². The first-order valence-corrected chi connectivity index (χ1v) is 7.07. The fraction of sp³-hybridized carbons (Fsp3) is 0.538. The number of nitrogens with one attached hydrogen (secondary N) is 1. The summed E-state index contributed by atoms with van der Waals surface area (Å²) in [6, 6.07) is 0.799. The molecule has 112 valence electrons. The van der Waals surface area contributed by atoms with Gasteiger partial charge in [-0.3, -0.25) is 4.90 Å². The number of aryl methyl sites for hydroxylation is 1. The molecule has 0 aliphatic carbocycles. The van der Waals surface area contributed by atoms with Gasteiger partial charge in [0, 0.05) is 36.2 Å². The Hall–Kier alpha value is -0.660. The van der Waals surface area contributed by atoms with Crippen LogP contribution in [0.5, 0.6) is 0 Å². The summed E-state index contributed by atoms with van der Waals surface area (Å²) in [7, 11) is 0. The van der Waals surface area contributed by atoms with E-state index in [9.17, 15) is 17.6 Å². The van der Waals surface area contributed by atoms with Crippen molar-refractivity contribution in [3.05, 3.63) is 33.5 Å². The van der Waals surface area contributed by atoms with Crippen LogP contribution in [0, 0.1) is 12.7 Å². The van der Waals surface area contributed by atoms with Crippen LogP contribution in [0.15, 0.2) is 16.6 Å². The summed E-state index contributed by atoms with van der Waals surface area (Å²) >= 11 is 3.14. The molecule has 0 aromatic heterocycles. The van der Waals surface area contributed by atoms with Gasteiger partial charge in [-0.15, -0.1) is 0 Å². The van der Waals surface area contributed by atoms with E-state index in [4.69, 9.17) is 0 Å². The molecule has 0 bridgehead atoms. The third-order valence-electron chi connectivity index (χ3n) is 3.37. The van der Waals surface area contributed by atoms with Crippen molar-refractivity contribution in [3.63, 3.8) is 0 Å². The van der Waals surface area contributed by atoms with Crippen LogP contribution in [0.25, 0.3) is 0 Å². The second-order valence-electron chi connectivity index (χ2n) is 4.86. The summed E-state index contributed by atoms with van der Waals surface area (Å²) in [6.07, 6.45) is -4.51. The lowest BCUT2D eigenvalue weighted by molar-refractivity contribution is -0.188. The van der Waals surface area contributed by atoms with Crippen molar-refractivity contribution >= 4 is 15.9 Å². The highest BCUT2D eigenvalue weighted by atomic mass is 79.9. The molecule has 7 heteroatoms. The quantitative estimate of drug-likeness (QED) is 0.818. The highest BCUT2D eigenvalue weighted by molar-refractivity contribution is 9.10. The third-order valence-corrected chi connectivity index (χ3v) is 3.83. The van der Waals surface area contributed by atoms with Crippen molar-refractivity contribution in [2.75, 3.05) is 26.2 Å². The second-order valence-corrected chi connectivity index (χ2v) is 5.77. The molecule has 0 amide bonds. The lowest BCUT2D eigenvalue weighted by Crippen LogP contribution is -2.49. The average molecular weight is 355 g/mol. The monoisotopic (exact) mass is 354 g/mol. The van der Waals surface area contributed by atoms with Gasteiger partial charge in [0.25, 0.3) is 0 Å². The summed E-state index contributed by atoms with van der Waals surface area (Å²) in [6.45, 7) is 2.90. The molecule has 1 N–H and O–H groups in total. The minimum atomic E-state index is -4.51. The molecule has 1 fully saturated rings. The summed E-state index contributed by atoms with van der Waals surface area (Å²) in [5.74, 6) is -0.783. The van der Waals surface area contributed by atoms with Crippen LogP contribution >= 0.6 is 15.9 Å². The summed E-state index contributed by atoms with van der Waals surface area (Å²) in [5, 5.41) is 3.00. The molecular weight excluding hydrogens is 340 g/mol. The van der Waals surface area contributed by atoms with Crippen LogP contribution in [0.1, 0.15) is 17.2 Å². The van der Waals surface area contributed by atoms with E-state index in [2.05, 4.69) is 21.2 Å². The molecule has 1 aromatic carbocycles. The van der Waals surface area contributed by atoms with Gasteiger partial charge in [-0.25, -0.2) is 4.39 Å². The van der Waals surface area contributed by atoms with Crippen molar-refractivity contribution in [1.82, 2.24) is 10.2 Å². The number of rotatable bonds is 2. The first kappa shape index (κ1) is 15.7. The first-order chi connectivity index (χ1) is 9.30. The molecule has 2 rings (SSSR count). The fourth-order valence-corrected chi connectivity index (χ4v) is 3.06. The van der Waals surface area contributed by atoms with Crippen LogP contribution in [-0.4, -0.2) is 37.3 Å². The number of halogens is 5. The lowest BCUT2D eigenvalue weighted by Gasteiger charge is -2.36. The number of nitrogens with zero attached hydrogens (tertiary/aromatic N) is 1. The average Bonchev–Trinajstić information content (AvgIpc) is 2.35. The smallest absolute Gasteiger partial charge is 0.314 e. The first-order valence-electron chi connectivity index (χ1n) is 6.27. The summed E-state index contributed by atoms with van der Waals surface area (Å²) < 4.78 is 54.8. The van der Waals surface area contributed by atoms with Gasteiger partial charge in [0.05, 0.1) is 0 Å². The van der Waals surface area contributed by atoms with E-state index >= 15 is 0 Å². The van der Waals surface area contributed by atoms with E-state index in [1.807, 2.05) is 0 Å². The SMILES string of the molecule is Cc1cc(Br)cc([C@H](N2CCNCC2)C(F)(F)F)c1F. The molecule has 1 aromatic rings. The molecule has 0 unspecified atom stereocenters. The lowest BCUT2D eigenvalue weighted by atomic mass is 10.0. The second kappa shape index (κ2) is 5.99. The molecule has 0 spiro atoms. The molecule has 1 saturated heterocycles. The molecule has 20 heavy (non-hydrogen) atoms. The Morgan fingerprint density at radius 2 is 1.85 bits per heavy atom. The maximum absolute atomic E-state index is 14.2. The van der Waals surface area contributed by atoms with E-state index in [-0.39, 0.29) is 24.2 Å². The molecule has 0 radical (unpaired) electrons. The zero-order chi connectivity index (χ0) is 14.9. The number of alkyl halides is 3. The Labute approximate surface area is 123 Å². The largest absolute Gasteiger partial charge is 0.408 e. The van der Waals surface area contributed by atoms with E-state index in [1.54, 1.807) is 0 Å². The van der Waals surface area contributed by atoms with Crippen LogP contribution in [-0.2, 0) is 0 Å². The van der Waals surface area contributed by atoms with Crippen molar-refractivity contribution < 1.29 is 17.6 Å². The van der Waals surface area contributed by atoms with E-state index in [0.29, 0.717) is 17.6 Å². The Morgan fingerprint density at radius 3 is 2.40 bits per heavy atom. The van der Waals surface area contributed by atoms with Crippen molar-refractivity contribution in [2.24, 2.45) is 0 Å². The maximum atomic E-state index is 14.2. The predicted octanol–water partition coefficient (Wildman–Crippen LogP) is 3.41. The molecule has 0 saturated carbocycles. The van der Waals surface area contributed by atoms with Gasteiger partial charge in [0.2, 0.25) is 0 Å². The standard InChI is InChI=1S/C13H15BrF4N2/c1-8-6-9(14)7-10(11(8)15)12(13(16,17)18)20-4-2-19-3-5-20/h6-7,12,19H,2-5H2,1H3/t12-/m0/s1. The molecule has 1 aliphatic heterocycles. The number of piperazine rings is 1. The molecule has 1 aliphatic rings. The minimum Gasteiger partial charge on any atom is -0.314 e. The summed E-state index contributed by atoms with van der Waals surface area (Å²) in [4.78, 5) is 1.28. The van der Waals surface area contributed by atoms with E-state index in [1.165, 1.54) is 24.0 Å². The Bertz CT molecular complexity index is 484. The van der Waals surface area contributed by atoms with Gasteiger partial charge in [-0.1, -0.05) is 15.9 Å². The number of hydrogen-bond donors (Lipinski definition) is 1. The molecular formula is C13H15BrF4N2. The Balaban J connectivity index is 2.46. The summed E-state index contributed by atoms with van der Waals surface area (Å²) in [5.41, 5.74) is -0.106. The molecule has 1 atom stereocenters. The van der Waals surface area contributed by atoms with Gasteiger partial charge in [-0.2, -0.15) is 13.2 Å². The molecule has 2 nitrogen and oxygen atoms in total. The fourth-order valence-electron chi connectivity index (χ4n) is 2.47. The van der Waals surface area contributed by atoms with Crippen molar-refractivity contribution in [2.45, 2.75) is 19.1 Å². The van der Waals surface area contributed by atoms with E-state index in [0.717, 1.165) is 0 Å². The zero-order valence-electron chi connectivity index (χ0n) is 10.9. The minimum absolute atomic E-state index is 0.207.